The van der Waals surface area contributed by atoms with Gasteiger partial charge in [-0.25, -0.2) is 4.39 Å². The van der Waals surface area contributed by atoms with Gasteiger partial charge in [0.25, 0.3) is 0 Å². The van der Waals surface area contributed by atoms with Crippen LogP contribution >= 0.6 is 22.8 Å². The molecule has 1 heterocycles. The molecule has 0 spiro atoms. The molecule has 2 rings (SSSR count). The van der Waals surface area contributed by atoms with Crippen LogP contribution in [0.15, 0.2) is 28.5 Å². The third-order valence-electron chi connectivity index (χ3n) is 1.70. The van der Waals surface area contributed by atoms with Crippen molar-refractivity contribution >= 4 is 27.8 Å². The van der Waals surface area contributed by atoms with Crippen molar-refractivity contribution in [3.63, 3.8) is 0 Å². The van der Waals surface area contributed by atoms with E-state index in [1.54, 1.807) is 11.5 Å². The van der Waals surface area contributed by atoms with Gasteiger partial charge in [0.2, 0.25) is 0 Å². The predicted molar refractivity (Wildman–Crippen MR) is 50.1 cm³/mol. The first-order valence-electron chi connectivity index (χ1n) is 3.34. The first-order valence-corrected chi connectivity index (χ1v) is 5.08. The smallest absolute Gasteiger partial charge is 0.123 e. The fourth-order valence-electron chi connectivity index (χ4n) is 1.15. The van der Waals surface area contributed by atoms with Crippen molar-refractivity contribution in [2.75, 3.05) is 0 Å². The molecule has 0 fully saturated rings. The molecule has 0 amide bonds. The van der Waals surface area contributed by atoms with E-state index in [1.165, 1.54) is 12.1 Å². The van der Waals surface area contributed by atoms with Crippen LogP contribution in [-0.4, -0.2) is 4.55 Å². The van der Waals surface area contributed by atoms with Gasteiger partial charge in [-0.2, -0.15) is 0 Å². The van der Waals surface area contributed by atoms with Gasteiger partial charge in [-0.3, -0.25) is 0 Å². The summed E-state index contributed by atoms with van der Waals surface area (Å²) in [5.41, 5.74) is 0.616. The Balaban J connectivity index is 2.61. The van der Waals surface area contributed by atoms with E-state index < -0.39 is 11.2 Å². The zero-order chi connectivity index (χ0) is 8.72. The second-order valence-corrected chi connectivity index (χ2v) is 4.32. The normalized spacial score (nSPS) is 23.6. The van der Waals surface area contributed by atoms with E-state index in [0.29, 0.717) is 10.6 Å². The number of hydrogen-bond acceptors (Lipinski definition) is 1. The van der Waals surface area contributed by atoms with Crippen molar-refractivity contribution in [3.05, 3.63) is 35.0 Å². The Morgan fingerprint density at radius 1 is 1.42 bits per heavy atom. The number of rotatable bonds is 0. The molecule has 64 valence electrons. The number of hydrogen-bond donors (Lipinski definition) is 2. The summed E-state index contributed by atoms with van der Waals surface area (Å²) in [5.74, 6) is -0.328. The Labute approximate surface area is 77.0 Å². The number of fused-ring (bicyclic) bond motifs is 1. The van der Waals surface area contributed by atoms with Gasteiger partial charge >= 0.3 is 0 Å². The van der Waals surface area contributed by atoms with Crippen LogP contribution in [0.1, 0.15) is 5.56 Å². The Bertz CT molecular complexity index is 364. The standard InChI is InChI=1S/C8H6ClFOS/c9-7-4-12(11)8-2-1-5(10)3-6(7)8/h1-4,11-12H. The molecule has 1 aromatic carbocycles. The quantitative estimate of drug-likeness (QED) is 0.622. The lowest BCUT2D eigenvalue weighted by Gasteiger charge is -2.05. The highest BCUT2D eigenvalue weighted by molar-refractivity contribution is 8.15. The van der Waals surface area contributed by atoms with Crippen LogP contribution in [0.2, 0.25) is 0 Å². The van der Waals surface area contributed by atoms with E-state index in [1.807, 2.05) is 0 Å². The van der Waals surface area contributed by atoms with Crippen molar-refractivity contribution in [1.29, 1.82) is 0 Å². The van der Waals surface area contributed by atoms with E-state index in [4.69, 9.17) is 11.6 Å². The van der Waals surface area contributed by atoms with Crippen molar-refractivity contribution < 1.29 is 8.94 Å². The molecule has 0 saturated heterocycles. The minimum atomic E-state index is -1.29. The van der Waals surface area contributed by atoms with Gasteiger partial charge in [0.05, 0.1) is 5.03 Å². The fraction of sp³-hybridized carbons (Fsp3) is 0. The van der Waals surface area contributed by atoms with E-state index >= 15 is 0 Å². The van der Waals surface area contributed by atoms with Crippen LogP contribution in [0, 0.1) is 5.82 Å². The molecule has 1 aliphatic rings. The summed E-state index contributed by atoms with van der Waals surface area (Å²) < 4.78 is 22.1. The van der Waals surface area contributed by atoms with Crippen LogP contribution in [0.4, 0.5) is 4.39 Å². The summed E-state index contributed by atoms with van der Waals surface area (Å²) in [4.78, 5) is 0.733. The fourth-order valence-corrected chi connectivity index (χ4v) is 2.80. The summed E-state index contributed by atoms with van der Waals surface area (Å²) in [6.07, 6.45) is 0. The average molecular weight is 205 g/mol. The second kappa shape index (κ2) is 2.76. The summed E-state index contributed by atoms with van der Waals surface area (Å²) in [5, 5.41) is 2.00. The minimum absolute atomic E-state index is 0.328. The first kappa shape index (κ1) is 8.10. The maximum atomic E-state index is 12.7. The lowest BCUT2D eigenvalue weighted by molar-refractivity contribution is 0.625. The zero-order valence-corrected chi connectivity index (χ0v) is 7.61. The van der Waals surface area contributed by atoms with Crippen molar-refractivity contribution in [3.8, 4) is 0 Å². The van der Waals surface area contributed by atoms with E-state index in [2.05, 4.69) is 0 Å². The Kier molecular flexibility index (Phi) is 1.87. The van der Waals surface area contributed by atoms with Crippen LogP contribution in [0.5, 0.6) is 0 Å². The zero-order valence-electron chi connectivity index (χ0n) is 5.96. The molecule has 1 atom stereocenters. The molecule has 0 saturated carbocycles. The van der Waals surface area contributed by atoms with Gasteiger partial charge < -0.3 is 4.55 Å². The molecule has 0 aliphatic carbocycles. The van der Waals surface area contributed by atoms with Gasteiger partial charge in [0, 0.05) is 10.5 Å². The summed E-state index contributed by atoms with van der Waals surface area (Å²) in [6, 6.07) is 4.24. The molecule has 0 radical (unpaired) electrons. The second-order valence-electron chi connectivity index (χ2n) is 2.48. The number of benzene rings is 1. The van der Waals surface area contributed by atoms with E-state index in [-0.39, 0.29) is 5.82 Å². The molecule has 12 heavy (non-hydrogen) atoms. The Morgan fingerprint density at radius 3 is 2.92 bits per heavy atom. The summed E-state index contributed by atoms with van der Waals surface area (Å²) in [7, 11) is 0. The molecule has 1 aliphatic heterocycles. The maximum Gasteiger partial charge on any atom is 0.123 e. The van der Waals surface area contributed by atoms with Gasteiger partial charge in [0.15, 0.2) is 0 Å². The monoisotopic (exact) mass is 204 g/mol. The van der Waals surface area contributed by atoms with E-state index in [9.17, 15) is 8.94 Å². The molecule has 0 bridgehead atoms. The molecular weight excluding hydrogens is 199 g/mol. The number of halogens is 2. The topological polar surface area (TPSA) is 20.2 Å². The number of thiol groups is 1. The molecule has 1 N–H and O–H groups in total. The predicted octanol–water partition coefficient (Wildman–Crippen LogP) is 3.21. The largest absolute Gasteiger partial charge is 0.346 e. The Hall–Kier alpha value is -0.510. The SMILES string of the molecule is O[SH]1C=C(Cl)c2cc(F)ccc21. The highest BCUT2D eigenvalue weighted by Gasteiger charge is 2.17. The maximum absolute atomic E-state index is 12.7. The first-order chi connectivity index (χ1) is 5.68. The van der Waals surface area contributed by atoms with Crippen molar-refractivity contribution in [2.45, 2.75) is 4.90 Å². The van der Waals surface area contributed by atoms with Gasteiger partial charge in [-0.05, 0) is 23.6 Å². The van der Waals surface area contributed by atoms with Crippen LogP contribution in [-0.2, 0) is 0 Å². The summed E-state index contributed by atoms with van der Waals surface area (Å²) >= 11 is 4.47. The van der Waals surface area contributed by atoms with Crippen molar-refractivity contribution in [2.24, 2.45) is 0 Å². The average Bonchev–Trinajstić information content (AvgIpc) is 2.28. The lowest BCUT2D eigenvalue weighted by Crippen LogP contribution is -1.81. The van der Waals surface area contributed by atoms with E-state index in [0.717, 1.165) is 4.90 Å². The molecule has 4 heteroatoms. The highest BCUT2D eigenvalue weighted by atomic mass is 35.5. The molecular formula is C8H6ClFOS. The third-order valence-corrected chi connectivity index (χ3v) is 3.55. The Morgan fingerprint density at radius 2 is 2.17 bits per heavy atom. The van der Waals surface area contributed by atoms with Crippen molar-refractivity contribution in [1.82, 2.24) is 0 Å². The van der Waals surface area contributed by atoms with Crippen LogP contribution in [0.25, 0.3) is 5.03 Å². The van der Waals surface area contributed by atoms with Gasteiger partial charge in [0.1, 0.15) is 5.82 Å². The third kappa shape index (κ3) is 1.14. The van der Waals surface area contributed by atoms with Gasteiger partial charge in [-0.1, -0.05) is 11.6 Å². The lowest BCUT2D eigenvalue weighted by atomic mass is 10.2. The van der Waals surface area contributed by atoms with Crippen LogP contribution < -0.4 is 0 Å². The molecule has 0 aromatic heterocycles. The highest BCUT2D eigenvalue weighted by Crippen LogP contribution is 2.48. The summed E-state index contributed by atoms with van der Waals surface area (Å²) in [6.45, 7) is 0. The minimum Gasteiger partial charge on any atom is -0.346 e. The molecule has 1 unspecified atom stereocenters. The van der Waals surface area contributed by atoms with Gasteiger partial charge in [-0.15, -0.1) is 11.2 Å². The molecule has 1 aromatic rings. The molecule has 1 nitrogen and oxygen atoms in total. The van der Waals surface area contributed by atoms with Crippen LogP contribution in [0.3, 0.4) is 0 Å².